The number of hydrogen-bond donors (Lipinski definition) is 0. The molecule has 0 fully saturated rings. The predicted octanol–water partition coefficient (Wildman–Crippen LogP) is 3.35. The lowest BCUT2D eigenvalue weighted by Crippen LogP contribution is -2.26. The van der Waals surface area contributed by atoms with Gasteiger partial charge in [0.25, 0.3) is 0 Å². The van der Waals surface area contributed by atoms with E-state index in [0.29, 0.717) is 6.42 Å². The average molecular weight is 234 g/mol. The molecule has 1 rings (SSSR count). The summed E-state index contributed by atoms with van der Waals surface area (Å²) in [6.07, 6.45) is 2.43. The van der Waals surface area contributed by atoms with Crippen molar-refractivity contribution in [2.24, 2.45) is 0 Å². The summed E-state index contributed by atoms with van der Waals surface area (Å²) < 4.78 is 5.47. The molecule has 0 aliphatic carbocycles. The molecule has 94 valence electrons. The first kappa shape index (κ1) is 13.9. The molecule has 2 heteroatoms. The van der Waals surface area contributed by atoms with Gasteiger partial charge in [0.1, 0.15) is 6.29 Å². The van der Waals surface area contributed by atoms with Crippen LogP contribution in [0.25, 0.3) is 0 Å². The molecular weight excluding hydrogens is 212 g/mol. The Morgan fingerprint density at radius 2 is 2.00 bits per heavy atom. The van der Waals surface area contributed by atoms with Gasteiger partial charge in [0.15, 0.2) is 0 Å². The lowest BCUT2D eigenvalue weighted by atomic mass is 9.88. The highest BCUT2D eigenvalue weighted by Gasteiger charge is 2.20. The molecule has 1 aromatic carbocycles. The Balaban J connectivity index is 2.95. The lowest BCUT2D eigenvalue weighted by Gasteiger charge is -2.25. The molecule has 0 bridgehead atoms. The third-order valence-electron chi connectivity index (χ3n) is 3.20. The van der Waals surface area contributed by atoms with Gasteiger partial charge in [-0.3, -0.25) is 0 Å². The molecule has 0 aromatic heterocycles. The minimum absolute atomic E-state index is 0.170. The van der Waals surface area contributed by atoms with Gasteiger partial charge in [-0.05, 0) is 30.9 Å². The van der Waals surface area contributed by atoms with E-state index < -0.39 is 0 Å². The van der Waals surface area contributed by atoms with E-state index >= 15 is 0 Å². The second kappa shape index (κ2) is 5.97. The predicted molar refractivity (Wildman–Crippen MR) is 70.3 cm³/mol. The Kier molecular flexibility index (Phi) is 4.88. The summed E-state index contributed by atoms with van der Waals surface area (Å²) in [7, 11) is 1.73. The van der Waals surface area contributed by atoms with Gasteiger partial charge in [-0.2, -0.15) is 0 Å². The van der Waals surface area contributed by atoms with Crippen LogP contribution in [0.4, 0.5) is 0 Å². The highest BCUT2D eigenvalue weighted by molar-refractivity contribution is 5.52. The lowest BCUT2D eigenvalue weighted by molar-refractivity contribution is -0.108. The monoisotopic (exact) mass is 234 g/mol. The third-order valence-corrected chi connectivity index (χ3v) is 3.20. The van der Waals surface area contributed by atoms with E-state index in [9.17, 15) is 4.79 Å². The summed E-state index contributed by atoms with van der Waals surface area (Å²) in [4.78, 5) is 10.6. The van der Waals surface area contributed by atoms with Crippen LogP contribution >= 0.6 is 0 Å². The summed E-state index contributed by atoms with van der Waals surface area (Å²) in [5.74, 6) is 0.274. The number of ether oxygens (including phenoxy) is 1. The fourth-order valence-electron chi connectivity index (χ4n) is 1.98. The van der Waals surface area contributed by atoms with E-state index in [1.807, 2.05) is 12.1 Å². The highest BCUT2D eigenvalue weighted by Crippen LogP contribution is 2.26. The largest absolute Gasteiger partial charge is 0.378 e. The van der Waals surface area contributed by atoms with Crippen LogP contribution < -0.4 is 0 Å². The Bertz CT molecular complexity index is 369. The van der Waals surface area contributed by atoms with Gasteiger partial charge in [-0.25, -0.2) is 0 Å². The SMILES string of the molecule is COC(C)(C)Cc1ccccc1C(C)CC=O. The molecule has 0 saturated carbocycles. The minimum atomic E-state index is -0.170. The molecule has 2 nitrogen and oxygen atoms in total. The van der Waals surface area contributed by atoms with Crippen molar-refractivity contribution < 1.29 is 9.53 Å². The Morgan fingerprint density at radius 1 is 1.35 bits per heavy atom. The zero-order chi connectivity index (χ0) is 12.9. The average Bonchev–Trinajstić information content (AvgIpc) is 2.29. The van der Waals surface area contributed by atoms with Gasteiger partial charge >= 0.3 is 0 Å². The van der Waals surface area contributed by atoms with Gasteiger partial charge in [0, 0.05) is 20.0 Å². The Morgan fingerprint density at radius 3 is 2.59 bits per heavy atom. The van der Waals surface area contributed by atoms with Crippen LogP contribution in [0.3, 0.4) is 0 Å². The van der Waals surface area contributed by atoms with Gasteiger partial charge in [-0.1, -0.05) is 31.2 Å². The van der Waals surface area contributed by atoms with Gasteiger partial charge in [-0.15, -0.1) is 0 Å². The minimum Gasteiger partial charge on any atom is -0.378 e. The van der Waals surface area contributed by atoms with E-state index in [4.69, 9.17) is 4.74 Å². The normalized spacial score (nSPS) is 13.4. The second-order valence-corrected chi connectivity index (χ2v) is 5.14. The van der Waals surface area contributed by atoms with E-state index in [1.54, 1.807) is 7.11 Å². The van der Waals surface area contributed by atoms with Crippen molar-refractivity contribution in [3.63, 3.8) is 0 Å². The summed E-state index contributed by atoms with van der Waals surface area (Å²) in [6, 6.07) is 8.30. The number of carbonyl (C=O) groups is 1. The van der Waals surface area contributed by atoms with Crippen molar-refractivity contribution in [1.82, 2.24) is 0 Å². The fourth-order valence-corrected chi connectivity index (χ4v) is 1.98. The number of methoxy groups -OCH3 is 1. The number of hydrogen-bond acceptors (Lipinski definition) is 2. The van der Waals surface area contributed by atoms with Gasteiger partial charge < -0.3 is 9.53 Å². The summed E-state index contributed by atoms with van der Waals surface area (Å²) in [5.41, 5.74) is 2.36. The van der Waals surface area contributed by atoms with Gasteiger partial charge in [0.2, 0.25) is 0 Å². The topological polar surface area (TPSA) is 26.3 Å². The summed E-state index contributed by atoms with van der Waals surface area (Å²) >= 11 is 0. The number of carbonyl (C=O) groups excluding carboxylic acids is 1. The fraction of sp³-hybridized carbons (Fsp3) is 0.533. The van der Waals surface area contributed by atoms with E-state index in [0.717, 1.165) is 12.7 Å². The molecule has 1 unspecified atom stereocenters. The molecule has 0 aliphatic heterocycles. The first-order valence-electron chi connectivity index (χ1n) is 6.07. The molecule has 0 heterocycles. The van der Waals surface area contributed by atoms with Crippen LogP contribution in [0, 0.1) is 0 Å². The first-order chi connectivity index (χ1) is 8.00. The van der Waals surface area contributed by atoms with Crippen LogP contribution in [-0.4, -0.2) is 19.0 Å². The van der Waals surface area contributed by atoms with Gasteiger partial charge in [0.05, 0.1) is 5.60 Å². The molecule has 0 saturated heterocycles. The molecule has 17 heavy (non-hydrogen) atoms. The molecule has 0 spiro atoms. The standard InChI is InChI=1S/C15H22O2/c1-12(9-10-16)14-8-6-5-7-13(14)11-15(2,3)17-4/h5-8,10,12H,9,11H2,1-4H3. The van der Waals surface area contributed by atoms with Crippen LogP contribution in [0.5, 0.6) is 0 Å². The van der Waals surface area contributed by atoms with Crippen molar-refractivity contribution in [1.29, 1.82) is 0 Å². The zero-order valence-corrected chi connectivity index (χ0v) is 11.2. The van der Waals surface area contributed by atoms with E-state index in [1.165, 1.54) is 11.1 Å². The molecule has 0 aliphatic rings. The van der Waals surface area contributed by atoms with Crippen molar-refractivity contribution in [2.45, 2.75) is 45.1 Å². The molecule has 1 aromatic rings. The quantitative estimate of drug-likeness (QED) is 0.706. The van der Waals surface area contributed by atoms with Crippen molar-refractivity contribution in [3.05, 3.63) is 35.4 Å². The summed E-state index contributed by atoms with van der Waals surface area (Å²) in [5, 5.41) is 0. The van der Waals surface area contributed by atoms with Crippen molar-refractivity contribution in [2.75, 3.05) is 7.11 Å². The van der Waals surface area contributed by atoms with Crippen LogP contribution in [-0.2, 0) is 16.0 Å². The van der Waals surface area contributed by atoms with Crippen LogP contribution in [0.15, 0.2) is 24.3 Å². The molecule has 0 N–H and O–H groups in total. The van der Waals surface area contributed by atoms with Crippen molar-refractivity contribution in [3.8, 4) is 0 Å². The summed E-state index contributed by atoms with van der Waals surface area (Å²) in [6.45, 7) is 6.25. The highest BCUT2D eigenvalue weighted by atomic mass is 16.5. The number of benzene rings is 1. The maximum absolute atomic E-state index is 10.6. The molecule has 1 atom stereocenters. The maximum Gasteiger partial charge on any atom is 0.120 e. The van der Waals surface area contributed by atoms with Crippen LogP contribution in [0.1, 0.15) is 44.2 Å². The maximum atomic E-state index is 10.6. The molecule has 0 radical (unpaired) electrons. The zero-order valence-electron chi connectivity index (χ0n) is 11.2. The van der Waals surface area contributed by atoms with Crippen LogP contribution in [0.2, 0.25) is 0 Å². The number of aldehydes is 1. The Labute approximate surface area is 104 Å². The van der Waals surface area contributed by atoms with Crippen molar-refractivity contribution >= 4 is 6.29 Å². The smallest absolute Gasteiger partial charge is 0.120 e. The first-order valence-corrected chi connectivity index (χ1v) is 6.07. The van der Waals surface area contributed by atoms with E-state index in [-0.39, 0.29) is 11.5 Å². The second-order valence-electron chi connectivity index (χ2n) is 5.14. The molecule has 0 amide bonds. The molecular formula is C15H22O2. The number of rotatable bonds is 6. The van der Waals surface area contributed by atoms with E-state index in [2.05, 4.69) is 32.9 Å². The Hall–Kier alpha value is -1.15. The third kappa shape index (κ3) is 3.97.